The second-order valence-corrected chi connectivity index (χ2v) is 6.56. The highest BCUT2D eigenvalue weighted by Crippen LogP contribution is 2.07. The number of carbonyl (C=O) groups is 3. The molecule has 0 aliphatic rings. The summed E-state index contributed by atoms with van der Waals surface area (Å²) in [7, 11) is 0. The molecule has 1 aromatic carbocycles. The lowest BCUT2D eigenvalue weighted by Crippen LogP contribution is -2.56. The van der Waals surface area contributed by atoms with E-state index in [-0.39, 0.29) is 18.4 Å². The number of hydrogen-bond acceptors (Lipinski definition) is 4. The van der Waals surface area contributed by atoms with Crippen molar-refractivity contribution in [3.05, 3.63) is 35.9 Å². The Hall–Kier alpha value is -2.57. The molecule has 7 heteroatoms. The highest BCUT2D eigenvalue weighted by molar-refractivity contribution is 5.91. The predicted molar refractivity (Wildman–Crippen MR) is 94.4 cm³/mol. The molecule has 2 atom stereocenters. The Bertz CT molecular complexity index is 587. The SMILES string of the molecule is CC(C)[C@@H](NC(=O)[C@H](NC(=O)OCc1ccccc1)C(C)C)C(N)=O. The molecule has 0 fully saturated rings. The van der Waals surface area contributed by atoms with Gasteiger partial charge in [0.15, 0.2) is 0 Å². The maximum Gasteiger partial charge on any atom is 0.408 e. The van der Waals surface area contributed by atoms with Gasteiger partial charge < -0.3 is 21.1 Å². The zero-order valence-corrected chi connectivity index (χ0v) is 15.1. The molecule has 25 heavy (non-hydrogen) atoms. The maximum absolute atomic E-state index is 12.4. The van der Waals surface area contributed by atoms with Crippen molar-refractivity contribution >= 4 is 17.9 Å². The molecule has 0 aliphatic carbocycles. The van der Waals surface area contributed by atoms with Crippen molar-refractivity contribution in [2.75, 3.05) is 0 Å². The van der Waals surface area contributed by atoms with Crippen molar-refractivity contribution in [2.45, 2.75) is 46.4 Å². The monoisotopic (exact) mass is 349 g/mol. The lowest BCUT2D eigenvalue weighted by atomic mass is 10.00. The lowest BCUT2D eigenvalue weighted by Gasteiger charge is -2.25. The summed E-state index contributed by atoms with van der Waals surface area (Å²) < 4.78 is 5.14. The number of carbonyl (C=O) groups excluding carboxylic acids is 3. The number of benzene rings is 1. The Morgan fingerprint density at radius 3 is 2.00 bits per heavy atom. The number of nitrogens with two attached hydrogens (primary N) is 1. The van der Waals surface area contributed by atoms with Gasteiger partial charge in [-0.15, -0.1) is 0 Å². The molecular formula is C18H27N3O4. The minimum atomic E-state index is -0.830. The summed E-state index contributed by atoms with van der Waals surface area (Å²) in [4.78, 5) is 35.9. The number of nitrogens with one attached hydrogen (secondary N) is 2. The van der Waals surface area contributed by atoms with E-state index in [9.17, 15) is 14.4 Å². The van der Waals surface area contributed by atoms with Crippen LogP contribution in [0.3, 0.4) is 0 Å². The van der Waals surface area contributed by atoms with Gasteiger partial charge in [-0.1, -0.05) is 58.0 Å². The van der Waals surface area contributed by atoms with Crippen LogP contribution < -0.4 is 16.4 Å². The normalized spacial score (nSPS) is 13.2. The Morgan fingerprint density at radius 1 is 0.960 bits per heavy atom. The molecule has 1 rings (SSSR count). The standard InChI is InChI=1S/C18H27N3O4/c1-11(2)14(16(19)22)20-17(23)15(12(3)4)21-18(24)25-10-13-8-6-5-7-9-13/h5-9,11-12,14-15H,10H2,1-4H3,(H2,19,22)(H,20,23)(H,21,24)/t14-,15-/m1/s1. The van der Waals surface area contributed by atoms with Gasteiger partial charge in [0.25, 0.3) is 0 Å². The van der Waals surface area contributed by atoms with Crippen LogP contribution in [0.5, 0.6) is 0 Å². The third-order valence-electron chi connectivity index (χ3n) is 3.71. The molecule has 0 aliphatic heterocycles. The van der Waals surface area contributed by atoms with E-state index in [1.165, 1.54) is 0 Å². The number of ether oxygens (including phenoxy) is 1. The number of primary amides is 1. The van der Waals surface area contributed by atoms with Crippen LogP contribution in [-0.2, 0) is 20.9 Å². The zero-order valence-electron chi connectivity index (χ0n) is 15.1. The van der Waals surface area contributed by atoms with E-state index >= 15 is 0 Å². The average Bonchev–Trinajstić information content (AvgIpc) is 2.55. The topological polar surface area (TPSA) is 111 Å². The highest BCUT2D eigenvalue weighted by atomic mass is 16.5. The first-order valence-corrected chi connectivity index (χ1v) is 8.29. The largest absolute Gasteiger partial charge is 0.445 e. The van der Waals surface area contributed by atoms with Gasteiger partial charge in [0.05, 0.1) is 0 Å². The third kappa shape index (κ3) is 6.82. The van der Waals surface area contributed by atoms with Gasteiger partial charge in [0.1, 0.15) is 18.7 Å². The molecule has 0 unspecified atom stereocenters. The molecule has 0 bridgehead atoms. The van der Waals surface area contributed by atoms with Crippen LogP contribution in [0.2, 0.25) is 0 Å². The van der Waals surface area contributed by atoms with Crippen molar-refractivity contribution in [1.82, 2.24) is 10.6 Å². The van der Waals surface area contributed by atoms with Gasteiger partial charge in [-0.25, -0.2) is 4.79 Å². The summed E-state index contributed by atoms with van der Waals surface area (Å²) in [5.74, 6) is -1.43. The van der Waals surface area contributed by atoms with E-state index in [1.54, 1.807) is 27.7 Å². The summed E-state index contributed by atoms with van der Waals surface area (Å²) >= 11 is 0. The smallest absolute Gasteiger partial charge is 0.408 e. The Balaban J connectivity index is 2.64. The van der Waals surface area contributed by atoms with Gasteiger partial charge in [-0.05, 0) is 17.4 Å². The minimum Gasteiger partial charge on any atom is -0.445 e. The van der Waals surface area contributed by atoms with Crippen LogP contribution in [0.25, 0.3) is 0 Å². The molecule has 4 N–H and O–H groups in total. The summed E-state index contributed by atoms with van der Waals surface area (Å²) in [6.07, 6.45) is -0.696. The Kier molecular flexibility index (Phi) is 7.91. The fourth-order valence-corrected chi connectivity index (χ4v) is 2.24. The zero-order chi connectivity index (χ0) is 19.0. The second kappa shape index (κ2) is 9.66. The van der Waals surface area contributed by atoms with Gasteiger partial charge in [0, 0.05) is 0 Å². The minimum absolute atomic E-state index is 0.106. The van der Waals surface area contributed by atoms with Gasteiger partial charge in [-0.3, -0.25) is 9.59 Å². The number of hydrogen-bond donors (Lipinski definition) is 3. The van der Waals surface area contributed by atoms with Gasteiger partial charge >= 0.3 is 6.09 Å². The van der Waals surface area contributed by atoms with E-state index in [0.717, 1.165) is 5.56 Å². The Morgan fingerprint density at radius 2 is 1.52 bits per heavy atom. The molecule has 138 valence electrons. The summed E-state index contributed by atoms with van der Waals surface area (Å²) in [5.41, 5.74) is 6.15. The van der Waals surface area contributed by atoms with Crippen molar-refractivity contribution < 1.29 is 19.1 Å². The fourth-order valence-electron chi connectivity index (χ4n) is 2.24. The van der Waals surface area contributed by atoms with E-state index in [1.807, 2.05) is 30.3 Å². The number of amides is 3. The number of alkyl carbamates (subject to hydrolysis) is 1. The van der Waals surface area contributed by atoms with Crippen molar-refractivity contribution in [3.8, 4) is 0 Å². The van der Waals surface area contributed by atoms with E-state index in [2.05, 4.69) is 10.6 Å². The molecular weight excluding hydrogens is 322 g/mol. The van der Waals surface area contributed by atoms with Gasteiger partial charge in [0.2, 0.25) is 11.8 Å². The van der Waals surface area contributed by atoms with Crippen LogP contribution in [0.1, 0.15) is 33.3 Å². The molecule has 0 radical (unpaired) electrons. The fraction of sp³-hybridized carbons (Fsp3) is 0.500. The molecule has 3 amide bonds. The molecule has 7 nitrogen and oxygen atoms in total. The second-order valence-electron chi connectivity index (χ2n) is 6.56. The van der Waals surface area contributed by atoms with Crippen molar-refractivity contribution in [3.63, 3.8) is 0 Å². The predicted octanol–water partition coefficient (Wildman–Crippen LogP) is 1.56. The first kappa shape index (κ1) is 20.5. The quantitative estimate of drug-likeness (QED) is 0.661. The third-order valence-corrected chi connectivity index (χ3v) is 3.71. The summed E-state index contributed by atoms with van der Waals surface area (Å²) in [6.45, 7) is 7.24. The molecule has 0 aromatic heterocycles. The first-order valence-electron chi connectivity index (χ1n) is 8.29. The average molecular weight is 349 g/mol. The summed E-state index contributed by atoms with van der Waals surface area (Å²) in [5, 5.41) is 5.14. The first-order chi connectivity index (χ1) is 11.7. The molecule has 0 heterocycles. The summed E-state index contributed by atoms with van der Waals surface area (Å²) in [6, 6.07) is 7.60. The van der Waals surface area contributed by atoms with Crippen LogP contribution in [-0.4, -0.2) is 30.0 Å². The highest BCUT2D eigenvalue weighted by Gasteiger charge is 2.29. The lowest BCUT2D eigenvalue weighted by molar-refractivity contribution is -0.130. The van der Waals surface area contributed by atoms with Crippen LogP contribution in [0.4, 0.5) is 4.79 Å². The maximum atomic E-state index is 12.4. The van der Waals surface area contributed by atoms with Crippen LogP contribution in [0, 0.1) is 11.8 Å². The molecule has 0 saturated heterocycles. The van der Waals surface area contributed by atoms with Crippen LogP contribution >= 0.6 is 0 Å². The Labute approximate surface area is 148 Å². The molecule has 0 saturated carbocycles. The van der Waals surface area contributed by atoms with Crippen LogP contribution in [0.15, 0.2) is 30.3 Å². The van der Waals surface area contributed by atoms with E-state index < -0.39 is 30.0 Å². The van der Waals surface area contributed by atoms with E-state index in [0.29, 0.717) is 0 Å². The van der Waals surface area contributed by atoms with Crippen molar-refractivity contribution in [2.24, 2.45) is 17.6 Å². The number of rotatable bonds is 8. The van der Waals surface area contributed by atoms with E-state index in [4.69, 9.17) is 10.5 Å². The molecule has 1 aromatic rings. The van der Waals surface area contributed by atoms with Crippen molar-refractivity contribution in [1.29, 1.82) is 0 Å². The molecule has 0 spiro atoms. The van der Waals surface area contributed by atoms with Gasteiger partial charge in [-0.2, -0.15) is 0 Å².